The van der Waals surface area contributed by atoms with Gasteiger partial charge in [-0.1, -0.05) is 12.1 Å². The lowest BCUT2D eigenvalue weighted by molar-refractivity contribution is -0.389. The summed E-state index contributed by atoms with van der Waals surface area (Å²) in [4.78, 5) is 28.3. The van der Waals surface area contributed by atoms with Gasteiger partial charge in [-0.3, -0.25) is 4.79 Å². The number of morpholine rings is 1. The van der Waals surface area contributed by atoms with Crippen LogP contribution in [0.3, 0.4) is 0 Å². The lowest BCUT2D eigenvalue weighted by atomic mass is 10.1. The molecule has 1 atom stereocenters. The molecule has 0 radical (unpaired) electrons. The van der Waals surface area contributed by atoms with Gasteiger partial charge < -0.3 is 24.3 Å². The molecule has 138 valence electrons. The van der Waals surface area contributed by atoms with Gasteiger partial charge in [0.05, 0.1) is 13.2 Å². The molecule has 0 aliphatic carbocycles. The van der Waals surface area contributed by atoms with Crippen molar-refractivity contribution in [1.82, 2.24) is 14.5 Å². The number of nitrogens with zero attached hydrogens (tertiary/aromatic N) is 4. The molecule has 1 aliphatic heterocycles. The summed E-state index contributed by atoms with van der Waals surface area (Å²) in [5.41, 5.74) is 0.824. The standard InChI is InChI=1S/C17H19FN4O4/c1-12-19-16(22(24)25)11-20(12)7-6-17(23)21-8-9-26-15(10-21)13-2-4-14(18)5-3-13/h2-5,11,15H,6-10H2,1H3. The SMILES string of the molecule is Cc1nc([N+](=O)[O-])cn1CCC(=O)N1CCOC(c2ccc(F)cc2)C1. The van der Waals surface area contributed by atoms with Crippen LogP contribution in [-0.2, 0) is 16.1 Å². The van der Waals surface area contributed by atoms with E-state index in [0.717, 1.165) is 5.56 Å². The number of rotatable bonds is 5. The Morgan fingerprint density at radius 2 is 2.15 bits per heavy atom. The Hall–Kier alpha value is -2.81. The number of aryl methyl sites for hydroxylation is 2. The van der Waals surface area contributed by atoms with E-state index in [-0.39, 0.29) is 30.1 Å². The number of aromatic nitrogens is 2. The zero-order chi connectivity index (χ0) is 18.7. The number of benzene rings is 1. The van der Waals surface area contributed by atoms with E-state index < -0.39 is 4.92 Å². The topological polar surface area (TPSA) is 90.5 Å². The van der Waals surface area contributed by atoms with E-state index in [0.29, 0.717) is 32.1 Å². The monoisotopic (exact) mass is 362 g/mol. The molecule has 0 N–H and O–H groups in total. The van der Waals surface area contributed by atoms with Gasteiger partial charge in [0.25, 0.3) is 0 Å². The summed E-state index contributed by atoms with van der Waals surface area (Å²) in [6.45, 7) is 3.28. The maximum atomic E-state index is 13.0. The van der Waals surface area contributed by atoms with E-state index in [1.54, 1.807) is 28.5 Å². The number of carbonyl (C=O) groups excluding carboxylic acids is 1. The minimum atomic E-state index is -0.555. The molecule has 0 saturated carbocycles. The predicted octanol–water partition coefficient (Wildman–Crippen LogP) is 2.23. The van der Waals surface area contributed by atoms with E-state index >= 15 is 0 Å². The van der Waals surface area contributed by atoms with E-state index in [4.69, 9.17) is 4.74 Å². The van der Waals surface area contributed by atoms with E-state index in [9.17, 15) is 19.3 Å². The third kappa shape index (κ3) is 4.05. The summed E-state index contributed by atoms with van der Waals surface area (Å²) in [5, 5.41) is 10.8. The summed E-state index contributed by atoms with van der Waals surface area (Å²) in [7, 11) is 0. The van der Waals surface area contributed by atoms with Crippen LogP contribution in [0.5, 0.6) is 0 Å². The van der Waals surface area contributed by atoms with Crippen LogP contribution >= 0.6 is 0 Å². The molecule has 1 fully saturated rings. The number of ether oxygens (including phenoxy) is 1. The number of carbonyl (C=O) groups is 1. The number of amides is 1. The first-order valence-electron chi connectivity index (χ1n) is 8.27. The molecule has 8 nitrogen and oxygen atoms in total. The van der Waals surface area contributed by atoms with Crippen LogP contribution in [0.2, 0.25) is 0 Å². The highest BCUT2D eigenvalue weighted by Gasteiger charge is 2.25. The van der Waals surface area contributed by atoms with Crippen molar-refractivity contribution in [1.29, 1.82) is 0 Å². The number of halogens is 1. The molecule has 1 aliphatic rings. The minimum Gasteiger partial charge on any atom is -0.370 e. The molecule has 26 heavy (non-hydrogen) atoms. The Labute approximate surface area is 149 Å². The molecular formula is C17H19FN4O4. The van der Waals surface area contributed by atoms with Gasteiger partial charge >= 0.3 is 5.82 Å². The lowest BCUT2D eigenvalue weighted by Gasteiger charge is -2.33. The summed E-state index contributed by atoms with van der Waals surface area (Å²) >= 11 is 0. The van der Waals surface area contributed by atoms with Crippen LogP contribution in [0, 0.1) is 22.9 Å². The van der Waals surface area contributed by atoms with Crippen molar-refractivity contribution in [2.45, 2.75) is 26.0 Å². The van der Waals surface area contributed by atoms with Gasteiger partial charge in [0.1, 0.15) is 18.1 Å². The maximum Gasteiger partial charge on any atom is 0.381 e. The van der Waals surface area contributed by atoms with Gasteiger partial charge in [-0.2, -0.15) is 0 Å². The van der Waals surface area contributed by atoms with Crippen LogP contribution in [-0.4, -0.2) is 45.0 Å². The Kier molecular flexibility index (Phi) is 5.27. The smallest absolute Gasteiger partial charge is 0.370 e. The molecule has 0 spiro atoms. The zero-order valence-corrected chi connectivity index (χ0v) is 14.3. The van der Waals surface area contributed by atoms with Gasteiger partial charge in [0, 0.05) is 26.4 Å². The number of hydrogen-bond acceptors (Lipinski definition) is 5. The third-order valence-corrected chi connectivity index (χ3v) is 4.38. The Morgan fingerprint density at radius 3 is 2.81 bits per heavy atom. The van der Waals surface area contributed by atoms with Gasteiger partial charge in [0.2, 0.25) is 11.7 Å². The summed E-state index contributed by atoms with van der Waals surface area (Å²) < 4.78 is 20.3. The molecule has 1 saturated heterocycles. The van der Waals surface area contributed by atoms with Gasteiger partial charge in [-0.25, -0.2) is 4.39 Å². The molecule has 3 rings (SSSR count). The first kappa shape index (κ1) is 18.0. The Morgan fingerprint density at radius 1 is 1.42 bits per heavy atom. The van der Waals surface area contributed by atoms with Gasteiger partial charge in [0.15, 0.2) is 0 Å². The number of imidazole rings is 1. The van der Waals surface area contributed by atoms with Crippen molar-refractivity contribution >= 4 is 11.7 Å². The highest BCUT2D eigenvalue weighted by molar-refractivity contribution is 5.76. The third-order valence-electron chi connectivity index (χ3n) is 4.38. The number of hydrogen-bond donors (Lipinski definition) is 0. The number of nitro groups is 1. The highest BCUT2D eigenvalue weighted by Crippen LogP contribution is 2.23. The van der Waals surface area contributed by atoms with Crippen LogP contribution in [0.15, 0.2) is 30.5 Å². The predicted molar refractivity (Wildman–Crippen MR) is 89.9 cm³/mol. The van der Waals surface area contributed by atoms with E-state index in [2.05, 4.69) is 4.98 Å². The van der Waals surface area contributed by atoms with Crippen molar-refractivity contribution in [2.24, 2.45) is 0 Å². The van der Waals surface area contributed by atoms with Gasteiger partial charge in [-0.15, -0.1) is 0 Å². The van der Waals surface area contributed by atoms with Crippen LogP contribution in [0.4, 0.5) is 10.2 Å². The molecule has 1 unspecified atom stereocenters. The van der Waals surface area contributed by atoms with Crippen molar-refractivity contribution in [3.8, 4) is 0 Å². The van der Waals surface area contributed by atoms with Crippen LogP contribution < -0.4 is 0 Å². The highest BCUT2D eigenvalue weighted by atomic mass is 19.1. The molecule has 9 heteroatoms. The molecule has 2 heterocycles. The van der Waals surface area contributed by atoms with Crippen LogP contribution in [0.1, 0.15) is 23.9 Å². The summed E-state index contributed by atoms with van der Waals surface area (Å²) in [6, 6.07) is 6.05. The van der Waals surface area contributed by atoms with Crippen molar-refractivity contribution in [2.75, 3.05) is 19.7 Å². The lowest BCUT2D eigenvalue weighted by Crippen LogP contribution is -2.42. The van der Waals surface area contributed by atoms with E-state index in [1.165, 1.54) is 18.3 Å². The summed E-state index contributed by atoms with van der Waals surface area (Å²) in [6.07, 6.45) is 1.26. The van der Waals surface area contributed by atoms with Gasteiger partial charge in [-0.05, 0) is 27.6 Å². The minimum absolute atomic E-state index is 0.0591. The first-order valence-corrected chi connectivity index (χ1v) is 8.27. The molecule has 1 amide bonds. The van der Waals surface area contributed by atoms with Crippen LogP contribution in [0.25, 0.3) is 0 Å². The fraction of sp³-hybridized carbons (Fsp3) is 0.412. The average molecular weight is 362 g/mol. The fourth-order valence-corrected chi connectivity index (χ4v) is 2.94. The largest absolute Gasteiger partial charge is 0.381 e. The maximum absolute atomic E-state index is 13.0. The molecule has 0 bridgehead atoms. The molecule has 2 aromatic rings. The Bertz CT molecular complexity index is 806. The second kappa shape index (κ2) is 7.61. The molecule has 1 aromatic heterocycles. The zero-order valence-electron chi connectivity index (χ0n) is 14.3. The summed E-state index contributed by atoms with van der Waals surface area (Å²) in [5.74, 6) is -0.105. The molecule has 1 aromatic carbocycles. The fourth-order valence-electron chi connectivity index (χ4n) is 2.94. The van der Waals surface area contributed by atoms with Crippen molar-refractivity contribution in [3.63, 3.8) is 0 Å². The van der Waals surface area contributed by atoms with Crippen molar-refractivity contribution < 1.29 is 18.8 Å². The molecular weight excluding hydrogens is 343 g/mol. The second-order valence-corrected chi connectivity index (χ2v) is 6.10. The first-order chi connectivity index (χ1) is 12.4. The van der Waals surface area contributed by atoms with Crippen molar-refractivity contribution in [3.05, 3.63) is 57.8 Å². The van der Waals surface area contributed by atoms with E-state index in [1.807, 2.05) is 0 Å². The quantitative estimate of drug-likeness (QED) is 0.601. The second-order valence-electron chi connectivity index (χ2n) is 6.10. The normalized spacial score (nSPS) is 17.3. The Balaban J connectivity index is 1.59. The average Bonchev–Trinajstić information content (AvgIpc) is 3.01.